The van der Waals surface area contributed by atoms with E-state index < -0.39 is 0 Å². The number of nitrogens with zero attached hydrogens (tertiary/aromatic N) is 3. The topological polar surface area (TPSA) is 71.0 Å². The minimum absolute atomic E-state index is 0.580. The highest BCUT2D eigenvalue weighted by molar-refractivity contribution is 5.79. The molecular formula is C23H39N5O2. The highest BCUT2D eigenvalue weighted by atomic mass is 16.5. The molecule has 3 rings (SSSR count). The van der Waals surface area contributed by atoms with Gasteiger partial charge in [-0.15, -0.1) is 0 Å². The van der Waals surface area contributed by atoms with Gasteiger partial charge in [-0.3, -0.25) is 0 Å². The van der Waals surface area contributed by atoms with Gasteiger partial charge in [-0.2, -0.15) is 0 Å². The number of rotatable bonds is 10. The minimum atomic E-state index is 0.580. The molecule has 7 nitrogen and oxygen atoms in total. The zero-order chi connectivity index (χ0) is 20.9. The molecule has 0 spiro atoms. The third-order valence-corrected chi connectivity index (χ3v) is 5.64. The summed E-state index contributed by atoms with van der Waals surface area (Å²) in [6.07, 6.45) is 9.19. The highest BCUT2D eigenvalue weighted by Crippen LogP contribution is 2.18. The molecule has 3 heterocycles. The monoisotopic (exact) mass is 417 g/mol. The summed E-state index contributed by atoms with van der Waals surface area (Å²) in [6, 6.07) is 4.26. The van der Waals surface area contributed by atoms with E-state index >= 15 is 0 Å². The van der Waals surface area contributed by atoms with Crippen molar-refractivity contribution in [2.45, 2.75) is 52.0 Å². The van der Waals surface area contributed by atoms with Crippen molar-refractivity contribution in [2.24, 2.45) is 10.9 Å². The van der Waals surface area contributed by atoms with E-state index in [1.165, 1.54) is 31.2 Å². The fraction of sp³-hybridized carbons (Fsp3) is 0.739. The zero-order valence-electron chi connectivity index (χ0n) is 18.6. The summed E-state index contributed by atoms with van der Waals surface area (Å²) in [5.74, 6) is 2.53. The van der Waals surface area contributed by atoms with Gasteiger partial charge in [-0.25, -0.2) is 9.98 Å². The Balaban J connectivity index is 1.41. The van der Waals surface area contributed by atoms with Crippen LogP contribution in [0, 0.1) is 5.92 Å². The largest absolute Gasteiger partial charge is 0.381 e. The first-order valence-electron chi connectivity index (χ1n) is 11.7. The smallest absolute Gasteiger partial charge is 0.191 e. The second-order valence-electron chi connectivity index (χ2n) is 8.20. The van der Waals surface area contributed by atoms with Crippen LogP contribution in [-0.4, -0.2) is 63.6 Å². The van der Waals surface area contributed by atoms with Crippen LogP contribution in [0.15, 0.2) is 23.3 Å². The van der Waals surface area contributed by atoms with Crippen molar-refractivity contribution in [3.63, 3.8) is 0 Å². The van der Waals surface area contributed by atoms with Crippen LogP contribution in [0.1, 0.15) is 51.0 Å². The summed E-state index contributed by atoms with van der Waals surface area (Å²) < 4.78 is 11.2. The van der Waals surface area contributed by atoms with E-state index in [1.54, 1.807) is 0 Å². The molecule has 2 fully saturated rings. The van der Waals surface area contributed by atoms with E-state index in [1.807, 2.05) is 6.20 Å². The third-order valence-electron chi connectivity index (χ3n) is 5.64. The summed E-state index contributed by atoms with van der Waals surface area (Å²) in [5, 5.41) is 6.74. The summed E-state index contributed by atoms with van der Waals surface area (Å²) in [6.45, 7) is 9.98. The van der Waals surface area contributed by atoms with E-state index in [4.69, 9.17) is 14.5 Å². The van der Waals surface area contributed by atoms with Gasteiger partial charge in [0, 0.05) is 51.5 Å². The number of aromatic nitrogens is 1. The Labute approximate surface area is 181 Å². The van der Waals surface area contributed by atoms with E-state index in [-0.39, 0.29) is 0 Å². The minimum Gasteiger partial charge on any atom is -0.381 e. The lowest BCUT2D eigenvalue weighted by Crippen LogP contribution is -2.38. The lowest BCUT2D eigenvalue weighted by atomic mass is 10.1. The molecule has 0 radical (unpaired) electrons. The van der Waals surface area contributed by atoms with Gasteiger partial charge in [0.25, 0.3) is 0 Å². The van der Waals surface area contributed by atoms with Gasteiger partial charge in [0.05, 0.1) is 19.8 Å². The van der Waals surface area contributed by atoms with Gasteiger partial charge in [-0.05, 0) is 50.3 Å². The second kappa shape index (κ2) is 13.4. The number of nitrogens with one attached hydrogen (secondary N) is 2. The van der Waals surface area contributed by atoms with Crippen LogP contribution in [0.2, 0.25) is 0 Å². The first-order valence-corrected chi connectivity index (χ1v) is 11.7. The van der Waals surface area contributed by atoms with Crippen LogP contribution in [0.5, 0.6) is 0 Å². The lowest BCUT2D eigenvalue weighted by molar-refractivity contribution is 0.0888. The maximum absolute atomic E-state index is 5.78. The Morgan fingerprint density at radius 1 is 1.27 bits per heavy atom. The molecule has 0 saturated carbocycles. The van der Waals surface area contributed by atoms with Crippen LogP contribution in [0.25, 0.3) is 0 Å². The average Bonchev–Trinajstić information content (AvgIpc) is 3.14. The molecule has 168 valence electrons. The second-order valence-corrected chi connectivity index (χ2v) is 8.20. The van der Waals surface area contributed by atoms with Crippen molar-refractivity contribution in [2.75, 3.05) is 57.5 Å². The average molecular weight is 418 g/mol. The van der Waals surface area contributed by atoms with Crippen molar-refractivity contribution >= 4 is 11.8 Å². The van der Waals surface area contributed by atoms with Gasteiger partial charge >= 0.3 is 0 Å². The van der Waals surface area contributed by atoms with E-state index in [2.05, 4.69) is 39.6 Å². The molecule has 2 aliphatic heterocycles. The van der Waals surface area contributed by atoms with Crippen LogP contribution in [0.3, 0.4) is 0 Å². The molecule has 1 aromatic rings. The molecule has 0 bridgehead atoms. The molecule has 1 atom stereocenters. The molecule has 1 aromatic heterocycles. The Bertz CT molecular complexity index is 626. The molecule has 2 N–H and O–H groups in total. The number of anilines is 1. The van der Waals surface area contributed by atoms with Crippen molar-refractivity contribution in [3.05, 3.63) is 23.9 Å². The molecule has 0 amide bonds. The molecule has 7 heteroatoms. The van der Waals surface area contributed by atoms with E-state index in [0.717, 1.165) is 77.2 Å². The number of guanidine groups is 1. The fourth-order valence-electron chi connectivity index (χ4n) is 3.89. The lowest BCUT2D eigenvalue weighted by Gasteiger charge is -2.21. The van der Waals surface area contributed by atoms with Gasteiger partial charge in [0.15, 0.2) is 5.96 Å². The van der Waals surface area contributed by atoms with Gasteiger partial charge in [-0.1, -0.05) is 12.8 Å². The number of aliphatic imine (C=N–C) groups is 1. The number of hydrogen-bond donors (Lipinski definition) is 2. The first-order chi connectivity index (χ1) is 14.8. The quantitative estimate of drug-likeness (QED) is 0.346. The highest BCUT2D eigenvalue weighted by Gasteiger charge is 2.15. The maximum Gasteiger partial charge on any atom is 0.191 e. The van der Waals surface area contributed by atoms with E-state index in [9.17, 15) is 0 Å². The molecule has 0 aromatic carbocycles. The van der Waals surface area contributed by atoms with Gasteiger partial charge < -0.3 is 25.0 Å². The predicted octanol–water partition coefficient (Wildman–Crippen LogP) is 2.96. The van der Waals surface area contributed by atoms with Crippen LogP contribution < -0.4 is 15.5 Å². The summed E-state index contributed by atoms with van der Waals surface area (Å²) >= 11 is 0. The summed E-state index contributed by atoms with van der Waals surface area (Å²) in [5.41, 5.74) is 1.20. The molecule has 2 saturated heterocycles. The number of hydrogen-bond acceptors (Lipinski definition) is 5. The van der Waals surface area contributed by atoms with Crippen LogP contribution >= 0.6 is 0 Å². The van der Waals surface area contributed by atoms with Crippen LogP contribution in [-0.2, 0) is 16.0 Å². The standard InChI is InChI=1S/C23H39N5O2/c1-2-24-23(26-10-7-14-29-18-21-9-15-30-19-21)27-17-20-8-11-25-22(16-20)28-12-5-3-4-6-13-28/h8,11,16,21H,2-7,9-10,12-15,17-19H2,1H3,(H2,24,26,27). The molecular weight excluding hydrogens is 378 g/mol. The Morgan fingerprint density at radius 3 is 2.90 bits per heavy atom. The normalized spacial score (nSPS) is 20.2. The molecule has 30 heavy (non-hydrogen) atoms. The first kappa shape index (κ1) is 22.8. The molecule has 0 aliphatic carbocycles. The van der Waals surface area contributed by atoms with Crippen LogP contribution in [0.4, 0.5) is 5.82 Å². The number of pyridine rings is 1. The zero-order valence-corrected chi connectivity index (χ0v) is 18.6. The third kappa shape index (κ3) is 8.11. The predicted molar refractivity (Wildman–Crippen MR) is 122 cm³/mol. The van der Waals surface area contributed by atoms with E-state index in [0.29, 0.717) is 12.5 Å². The Morgan fingerprint density at radius 2 is 2.13 bits per heavy atom. The van der Waals surface area contributed by atoms with Crippen molar-refractivity contribution in [3.8, 4) is 0 Å². The summed E-state index contributed by atoms with van der Waals surface area (Å²) in [4.78, 5) is 11.8. The Kier molecular flexibility index (Phi) is 10.2. The van der Waals surface area contributed by atoms with Crippen molar-refractivity contribution in [1.82, 2.24) is 15.6 Å². The van der Waals surface area contributed by atoms with Gasteiger partial charge in [0.2, 0.25) is 0 Å². The van der Waals surface area contributed by atoms with Crippen molar-refractivity contribution < 1.29 is 9.47 Å². The number of ether oxygens (including phenoxy) is 2. The maximum atomic E-state index is 5.78. The molecule has 1 unspecified atom stereocenters. The fourth-order valence-corrected chi connectivity index (χ4v) is 3.89. The van der Waals surface area contributed by atoms with Crippen molar-refractivity contribution in [1.29, 1.82) is 0 Å². The SMILES string of the molecule is CCNC(=NCc1ccnc(N2CCCCCC2)c1)NCCCOCC1CCOC1. The Hall–Kier alpha value is -1.86. The summed E-state index contributed by atoms with van der Waals surface area (Å²) in [7, 11) is 0. The van der Waals surface area contributed by atoms with Gasteiger partial charge in [0.1, 0.15) is 5.82 Å². The molecule has 2 aliphatic rings.